The molecule has 1 N–H and O–H groups in total. The molecule has 0 aliphatic heterocycles. The fraction of sp³-hybridized carbons (Fsp3) is 0.105. The summed E-state index contributed by atoms with van der Waals surface area (Å²) < 4.78 is 5.63. The van der Waals surface area contributed by atoms with Crippen LogP contribution in [0.4, 0.5) is 5.69 Å². The van der Waals surface area contributed by atoms with E-state index in [2.05, 4.69) is 15.5 Å². The first-order valence-electron chi connectivity index (χ1n) is 8.18. The molecule has 3 aromatic rings. The fourth-order valence-corrected chi connectivity index (χ4v) is 2.53. The number of amides is 1. The molecular formula is C19H16N4O4. The number of hydrogen-bond acceptors (Lipinski definition) is 6. The Balaban J connectivity index is 1.77. The van der Waals surface area contributed by atoms with Crippen LogP contribution >= 0.6 is 0 Å². The molecule has 2 aromatic carbocycles. The van der Waals surface area contributed by atoms with Crippen LogP contribution in [0.25, 0.3) is 10.8 Å². The number of hydrazone groups is 1. The van der Waals surface area contributed by atoms with Gasteiger partial charge in [0.1, 0.15) is 17.6 Å². The molecule has 0 unspecified atom stereocenters. The fourth-order valence-electron chi connectivity index (χ4n) is 2.53. The Hall–Kier alpha value is -3.81. The first-order chi connectivity index (χ1) is 13.1. The van der Waals surface area contributed by atoms with E-state index < -0.39 is 10.8 Å². The van der Waals surface area contributed by atoms with Gasteiger partial charge in [-0.2, -0.15) is 5.10 Å². The second kappa shape index (κ2) is 8.05. The summed E-state index contributed by atoms with van der Waals surface area (Å²) in [6, 6.07) is 13.9. The number of hydrogen-bond donors (Lipinski definition) is 1. The molecule has 8 heteroatoms. The van der Waals surface area contributed by atoms with E-state index in [0.29, 0.717) is 6.61 Å². The van der Waals surface area contributed by atoms with Crippen molar-refractivity contribution in [3.8, 4) is 5.75 Å². The highest BCUT2D eigenvalue weighted by molar-refractivity contribution is 6.02. The van der Waals surface area contributed by atoms with Gasteiger partial charge in [0, 0.05) is 17.0 Å². The van der Waals surface area contributed by atoms with Gasteiger partial charge in [0.15, 0.2) is 0 Å². The van der Waals surface area contributed by atoms with Gasteiger partial charge in [-0.1, -0.05) is 24.3 Å². The number of nitro groups is 1. The van der Waals surface area contributed by atoms with Gasteiger partial charge >= 0.3 is 0 Å². The molecule has 3 rings (SSSR count). The highest BCUT2D eigenvalue weighted by atomic mass is 16.6. The van der Waals surface area contributed by atoms with E-state index in [-0.39, 0.29) is 11.4 Å². The van der Waals surface area contributed by atoms with Crippen LogP contribution in [-0.4, -0.2) is 28.6 Å². The maximum atomic E-state index is 12.0. The average molecular weight is 364 g/mol. The summed E-state index contributed by atoms with van der Waals surface area (Å²) >= 11 is 0. The van der Waals surface area contributed by atoms with Crippen molar-refractivity contribution in [2.45, 2.75) is 6.92 Å². The summed E-state index contributed by atoms with van der Waals surface area (Å²) in [5.74, 6) is 0.223. The molecular weight excluding hydrogens is 348 g/mol. The van der Waals surface area contributed by atoms with Crippen molar-refractivity contribution < 1.29 is 14.5 Å². The summed E-state index contributed by atoms with van der Waals surface area (Å²) in [6.07, 6.45) is 2.56. The summed E-state index contributed by atoms with van der Waals surface area (Å²) in [5.41, 5.74) is 3.03. The zero-order chi connectivity index (χ0) is 19.2. The Kier molecular flexibility index (Phi) is 5.36. The highest BCUT2D eigenvalue weighted by Crippen LogP contribution is 2.27. The van der Waals surface area contributed by atoms with Crippen LogP contribution in [0.3, 0.4) is 0 Å². The molecule has 1 heterocycles. The lowest BCUT2D eigenvalue weighted by atomic mass is 10.0. The maximum Gasteiger partial charge on any atom is 0.289 e. The van der Waals surface area contributed by atoms with E-state index in [0.717, 1.165) is 28.3 Å². The molecule has 0 saturated carbocycles. The largest absolute Gasteiger partial charge is 0.493 e. The van der Waals surface area contributed by atoms with Crippen LogP contribution < -0.4 is 10.2 Å². The minimum atomic E-state index is -0.579. The number of carbonyl (C=O) groups excluding carboxylic acids is 1. The Labute approximate surface area is 154 Å². The second-order valence-corrected chi connectivity index (χ2v) is 5.49. The van der Waals surface area contributed by atoms with Gasteiger partial charge in [-0.05, 0) is 30.5 Å². The number of aromatic nitrogens is 1. The van der Waals surface area contributed by atoms with E-state index in [1.165, 1.54) is 18.3 Å². The second-order valence-electron chi connectivity index (χ2n) is 5.49. The van der Waals surface area contributed by atoms with Crippen molar-refractivity contribution in [1.29, 1.82) is 0 Å². The lowest BCUT2D eigenvalue weighted by Crippen LogP contribution is -2.18. The van der Waals surface area contributed by atoms with Crippen LogP contribution in [0.15, 0.2) is 59.8 Å². The van der Waals surface area contributed by atoms with E-state index in [4.69, 9.17) is 4.74 Å². The molecule has 0 spiro atoms. The molecule has 0 aliphatic rings. The van der Waals surface area contributed by atoms with Crippen LogP contribution in [0, 0.1) is 10.1 Å². The molecule has 0 aliphatic carbocycles. The van der Waals surface area contributed by atoms with Gasteiger partial charge in [0.05, 0.1) is 17.7 Å². The third-order valence-electron chi connectivity index (χ3n) is 3.78. The molecule has 0 fully saturated rings. The van der Waals surface area contributed by atoms with Gasteiger partial charge < -0.3 is 4.74 Å². The smallest absolute Gasteiger partial charge is 0.289 e. The number of ether oxygens (including phenoxy) is 1. The molecule has 0 atom stereocenters. The number of nitrogens with zero attached hydrogens (tertiary/aromatic N) is 3. The van der Waals surface area contributed by atoms with Crippen molar-refractivity contribution >= 4 is 28.6 Å². The maximum absolute atomic E-state index is 12.0. The first-order valence-corrected chi connectivity index (χ1v) is 8.18. The lowest BCUT2D eigenvalue weighted by Gasteiger charge is -2.09. The van der Waals surface area contributed by atoms with E-state index in [1.54, 1.807) is 0 Å². The van der Waals surface area contributed by atoms with Crippen molar-refractivity contribution in [2.24, 2.45) is 5.10 Å². The zero-order valence-corrected chi connectivity index (χ0v) is 14.5. The summed E-state index contributed by atoms with van der Waals surface area (Å²) in [4.78, 5) is 25.8. The summed E-state index contributed by atoms with van der Waals surface area (Å²) in [5, 5.41) is 16.5. The van der Waals surface area contributed by atoms with Crippen LogP contribution in [-0.2, 0) is 0 Å². The van der Waals surface area contributed by atoms with Crippen molar-refractivity contribution in [2.75, 3.05) is 6.61 Å². The molecule has 8 nitrogen and oxygen atoms in total. The monoisotopic (exact) mass is 364 g/mol. The van der Waals surface area contributed by atoms with Crippen molar-refractivity contribution in [3.63, 3.8) is 0 Å². The number of pyridine rings is 1. The molecule has 27 heavy (non-hydrogen) atoms. The van der Waals surface area contributed by atoms with Gasteiger partial charge in [0.2, 0.25) is 0 Å². The molecule has 1 aromatic heterocycles. The Morgan fingerprint density at radius 3 is 2.67 bits per heavy atom. The highest BCUT2D eigenvalue weighted by Gasteiger charge is 2.10. The molecule has 0 radical (unpaired) electrons. The molecule has 0 bridgehead atoms. The van der Waals surface area contributed by atoms with Gasteiger partial charge in [-0.15, -0.1) is 0 Å². The molecule has 136 valence electrons. The first kappa shape index (κ1) is 18.0. The van der Waals surface area contributed by atoms with E-state index in [1.807, 2.05) is 43.3 Å². The third kappa shape index (κ3) is 4.06. The number of fused-ring (bicyclic) bond motifs is 1. The van der Waals surface area contributed by atoms with Gasteiger partial charge in [-0.3, -0.25) is 14.9 Å². The van der Waals surface area contributed by atoms with Crippen LogP contribution in [0.2, 0.25) is 0 Å². The predicted molar refractivity (Wildman–Crippen MR) is 101 cm³/mol. The zero-order valence-electron chi connectivity index (χ0n) is 14.5. The predicted octanol–water partition coefficient (Wildman–Crippen LogP) is 3.31. The standard InChI is InChI=1S/C19H16N4O4/c1-2-27-18-10-7-13(15-5-3-4-6-16(15)18)11-21-22-19(24)17-9-8-14(12-20-17)23(25)26/h3-12H,2H2,1H3,(H,22,24)/b21-11+. The van der Waals surface area contributed by atoms with Gasteiger partial charge in [0.25, 0.3) is 11.6 Å². The number of rotatable bonds is 6. The van der Waals surface area contributed by atoms with Crippen molar-refractivity contribution in [1.82, 2.24) is 10.4 Å². The van der Waals surface area contributed by atoms with Crippen LogP contribution in [0.1, 0.15) is 23.0 Å². The average Bonchev–Trinajstić information content (AvgIpc) is 2.69. The number of benzene rings is 2. The Morgan fingerprint density at radius 2 is 2.00 bits per heavy atom. The SMILES string of the molecule is CCOc1ccc(/C=N/NC(=O)c2ccc([N+](=O)[O-])cn2)c2ccccc12. The van der Waals surface area contributed by atoms with E-state index in [9.17, 15) is 14.9 Å². The minimum Gasteiger partial charge on any atom is -0.493 e. The van der Waals surface area contributed by atoms with E-state index >= 15 is 0 Å². The minimum absolute atomic E-state index is 0.0364. The lowest BCUT2D eigenvalue weighted by molar-refractivity contribution is -0.385. The quantitative estimate of drug-likeness (QED) is 0.410. The summed E-state index contributed by atoms with van der Waals surface area (Å²) in [7, 11) is 0. The topological polar surface area (TPSA) is 107 Å². The number of carbonyl (C=O) groups is 1. The molecule has 0 saturated heterocycles. The normalized spacial score (nSPS) is 10.9. The third-order valence-corrected chi connectivity index (χ3v) is 3.78. The Morgan fingerprint density at radius 1 is 1.22 bits per heavy atom. The van der Waals surface area contributed by atoms with Crippen LogP contribution in [0.5, 0.6) is 5.75 Å². The Bertz CT molecular complexity index is 1020. The summed E-state index contributed by atoms with van der Waals surface area (Å²) in [6.45, 7) is 2.49. The van der Waals surface area contributed by atoms with Gasteiger partial charge in [-0.25, -0.2) is 10.4 Å². The number of nitrogens with one attached hydrogen (secondary N) is 1. The van der Waals surface area contributed by atoms with Crippen molar-refractivity contribution in [3.05, 3.63) is 76.1 Å². The molecule has 1 amide bonds.